The van der Waals surface area contributed by atoms with Crippen LogP contribution in [0.25, 0.3) is 0 Å². The average Bonchev–Trinajstić information content (AvgIpc) is 3.11. The number of benzene rings is 1. The van der Waals surface area contributed by atoms with Crippen molar-refractivity contribution in [1.82, 2.24) is 10.2 Å². The molecule has 1 unspecified atom stereocenters. The van der Waals surface area contributed by atoms with Crippen molar-refractivity contribution in [3.05, 3.63) is 35.4 Å². The normalized spacial score (nSPS) is 30.6. The van der Waals surface area contributed by atoms with Crippen LogP contribution in [0, 0.1) is 17.8 Å². The maximum atomic E-state index is 12.7. The van der Waals surface area contributed by atoms with Crippen molar-refractivity contribution in [2.45, 2.75) is 24.9 Å². The zero-order valence-corrected chi connectivity index (χ0v) is 14.7. The number of ether oxygens (including phenoxy) is 1. The van der Waals surface area contributed by atoms with Crippen LogP contribution in [0.15, 0.2) is 24.3 Å². The molecule has 27 heavy (non-hydrogen) atoms. The van der Waals surface area contributed by atoms with Gasteiger partial charge < -0.3 is 15.0 Å². The molecule has 2 saturated heterocycles. The van der Waals surface area contributed by atoms with E-state index < -0.39 is 17.8 Å². The Bertz CT molecular complexity index is 723. The van der Waals surface area contributed by atoms with E-state index in [2.05, 4.69) is 5.32 Å². The molecule has 5 nitrogen and oxygen atoms in total. The highest BCUT2D eigenvalue weighted by molar-refractivity contribution is 5.80. The highest BCUT2D eigenvalue weighted by Gasteiger charge is 2.57. The fourth-order valence-corrected chi connectivity index (χ4v) is 4.42. The van der Waals surface area contributed by atoms with Crippen molar-refractivity contribution >= 4 is 12.0 Å². The second kappa shape index (κ2) is 6.73. The van der Waals surface area contributed by atoms with Crippen LogP contribution in [-0.4, -0.2) is 43.1 Å². The van der Waals surface area contributed by atoms with Gasteiger partial charge in [-0.2, -0.15) is 13.2 Å². The van der Waals surface area contributed by atoms with Crippen molar-refractivity contribution < 1.29 is 27.5 Å². The summed E-state index contributed by atoms with van der Waals surface area (Å²) in [6.07, 6.45) is -3.47. The van der Waals surface area contributed by atoms with Gasteiger partial charge in [-0.1, -0.05) is 12.1 Å². The third-order valence-electron chi connectivity index (χ3n) is 5.90. The van der Waals surface area contributed by atoms with Crippen LogP contribution in [-0.2, 0) is 15.7 Å². The molecule has 4 atom stereocenters. The third kappa shape index (κ3) is 3.61. The number of nitrogens with zero attached hydrogens (tertiary/aromatic N) is 1. The number of fused-ring (bicyclic) bond motifs is 1. The number of amides is 2. The summed E-state index contributed by atoms with van der Waals surface area (Å²) in [5, 5.41) is 2.61. The van der Waals surface area contributed by atoms with Crippen LogP contribution in [0.1, 0.15) is 29.9 Å². The molecule has 1 N–H and O–H groups in total. The van der Waals surface area contributed by atoms with Gasteiger partial charge in [-0.3, -0.25) is 4.79 Å². The van der Waals surface area contributed by atoms with E-state index in [-0.39, 0.29) is 24.3 Å². The van der Waals surface area contributed by atoms with Crippen LogP contribution in [0.3, 0.4) is 0 Å². The van der Waals surface area contributed by atoms with Gasteiger partial charge in [0.25, 0.3) is 0 Å². The van der Waals surface area contributed by atoms with Crippen molar-refractivity contribution in [3.8, 4) is 0 Å². The lowest BCUT2D eigenvalue weighted by molar-refractivity contribution is -0.137. The molecule has 0 radical (unpaired) electrons. The number of nitrogens with one attached hydrogen (secondary N) is 1. The van der Waals surface area contributed by atoms with Gasteiger partial charge in [-0.15, -0.1) is 0 Å². The Labute approximate surface area is 154 Å². The third-order valence-corrected chi connectivity index (χ3v) is 5.90. The molecule has 3 fully saturated rings. The number of hydrogen-bond acceptors (Lipinski definition) is 3. The van der Waals surface area contributed by atoms with Gasteiger partial charge >= 0.3 is 12.3 Å². The lowest BCUT2D eigenvalue weighted by Gasteiger charge is -2.27. The molecule has 1 saturated carbocycles. The summed E-state index contributed by atoms with van der Waals surface area (Å²) in [5.74, 6) is 0.687. The van der Waals surface area contributed by atoms with Gasteiger partial charge in [0.2, 0.25) is 5.91 Å². The number of rotatable bonds is 2. The predicted octanol–water partition coefficient (Wildman–Crippen LogP) is 3.01. The predicted molar refractivity (Wildman–Crippen MR) is 89.8 cm³/mol. The molecule has 4 rings (SSSR count). The zero-order chi connectivity index (χ0) is 19.2. The Hall–Kier alpha value is -2.25. The molecular formula is C19H21F3N2O3. The first-order valence-corrected chi connectivity index (χ1v) is 9.21. The van der Waals surface area contributed by atoms with E-state index in [1.165, 1.54) is 0 Å². The number of likely N-dealkylation sites (tertiary alicyclic amines) is 1. The number of piperidine rings is 1. The van der Waals surface area contributed by atoms with Crippen LogP contribution < -0.4 is 5.32 Å². The number of halogens is 3. The number of carbonyl (C=O) groups excluding carboxylic acids is 2. The molecular weight excluding hydrogens is 361 g/mol. The Morgan fingerprint density at radius 3 is 2.44 bits per heavy atom. The molecule has 146 valence electrons. The number of carbonyl (C=O) groups is 2. The second-order valence-corrected chi connectivity index (χ2v) is 7.57. The van der Waals surface area contributed by atoms with E-state index >= 15 is 0 Å². The first kappa shape index (κ1) is 18.1. The molecule has 1 aromatic rings. The minimum absolute atomic E-state index is 0.0515. The maximum absolute atomic E-state index is 12.7. The topological polar surface area (TPSA) is 58.6 Å². The van der Waals surface area contributed by atoms with E-state index in [4.69, 9.17) is 4.74 Å². The largest absolute Gasteiger partial charge is 0.450 e. The summed E-state index contributed by atoms with van der Waals surface area (Å²) < 4.78 is 43.0. The van der Waals surface area contributed by atoms with E-state index in [1.807, 2.05) is 4.90 Å². The molecule has 0 aromatic heterocycles. The van der Waals surface area contributed by atoms with Crippen LogP contribution in [0.4, 0.5) is 18.0 Å². The Morgan fingerprint density at radius 1 is 1.15 bits per heavy atom. The van der Waals surface area contributed by atoms with Crippen LogP contribution in [0.2, 0.25) is 0 Å². The SMILES string of the molecule is O=C1NC[C@H](C(=O)N2C[C@@H]3C(c4ccc(C(F)(F)F)cc4)[C@@H]3C2)CCCO1. The van der Waals surface area contributed by atoms with Gasteiger partial charge in [0.1, 0.15) is 0 Å². The minimum atomic E-state index is -4.32. The quantitative estimate of drug-likeness (QED) is 0.856. The number of hydrogen-bond donors (Lipinski definition) is 1. The highest BCUT2D eigenvalue weighted by Crippen LogP contribution is 2.58. The van der Waals surface area contributed by atoms with E-state index in [1.54, 1.807) is 12.1 Å². The Kier molecular flexibility index (Phi) is 4.52. The molecule has 2 heterocycles. The fraction of sp³-hybridized carbons (Fsp3) is 0.579. The molecule has 2 aliphatic heterocycles. The van der Waals surface area contributed by atoms with Crippen molar-refractivity contribution in [1.29, 1.82) is 0 Å². The first-order chi connectivity index (χ1) is 12.8. The summed E-state index contributed by atoms with van der Waals surface area (Å²) >= 11 is 0. The Balaban J connectivity index is 1.34. The van der Waals surface area contributed by atoms with Gasteiger partial charge in [-0.05, 0) is 48.3 Å². The standard InChI is InChI=1S/C19H21F3N2O3/c20-19(21,22)13-5-3-11(4-6-13)16-14-9-24(10-15(14)16)17(25)12-2-1-7-27-18(26)23-8-12/h3-6,12,14-16H,1-2,7-10H2,(H,23,26)/t12-,14-,15+,16?/m1/s1. The number of cyclic esters (lactones) is 1. The second-order valence-electron chi connectivity index (χ2n) is 7.57. The minimum Gasteiger partial charge on any atom is -0.450 e. The zero-order valence-electron chi connectivity index (χ0n) is 14.7. The number of alkyl halides is 3. The van der Waals surface area contributed by atoms with Crippen LogP contribution in [0.5, 0.6) is 0 Å². The summed E-state index contributed by atoms with van der Waals surface area (Å²) in [4.78, 5) is 25.9. The van der Waals surface area contributed by atoms with Crippen molar-refractivity contribution in [2.75, 3.05) is 26.2 Å². The highest BCUT2D eigenvalue weighted by atomic mass is 19.4. The molecule has 8 heteroatoms. The van der Waals surface area contributed by atoms with Gasteiger partial charge in [0.15, 0.2) is 0 Å². The molecule has 0 spiro atoms. The van der Waals surface area contributed by atoms with E-state index in [9.17, 15) is 22.8 Å². The van der Waals surface area contributed by atoms with Gasteiger partial charge in [0.05, 0.1) is 18.1 Å². The van der Waals surface area contributed by atoms with Crippen molar-refractivity contribution in [2.24, 2.45) is 17.8 Å². The summed E-state index contributed by atoms with van der Waals surface area (Å²) in [7, 11) is 0. The lowest BCUT2D eigenvalue weighted by Crippen LogP contribution is -2.43. The molecule has 3 aliphatic rings. The van der Waals surface area contributed by atoms with E-state index in [0.29, 0.717) is 44.4 Å². The molecule has 1 aromatic carbocycles. The molecule has 2 amide bonds. The fourth-order valence-electron chi connectivity index (χ4n) is 4.42. The molecule has 1 aliphatic carbocycles. The maximum Gasteiger partial charge on any atom is 0.416 e. The Morgan fingerprint density at radius 2 is 1.81 bits per heavy atom. The lowest BCUT2D eigenvalue weighted by atomic mass is 10.00. The summed E-state index contributed by atoms with van der Waals surface area (Å²) in [6, 6.07) is 5.38. The van der Waals surface area contributed by atoms with Crippen molar-refractivity contribution in [3.63, 3.8) is 0 Å². The average molecular weight is 382 g/mol. The van der Waals surface area contributed by atoms with Crippen LogP contribution >= 0.6 is 0 Å². The summed E-state index contributed by atoms with van der Waals surface area (Å²) in [5.41, 5.74) is 0.282. The smallest absolute Gasteiger partial charge is 0.416 e. The monoisotopic (exact) mass is 382 g/mol. The first-order valence-electron chi connectivity index (χ1n) is 9.21. The number of alkyl carbamates (subject to hydrolysis) is 1. The van der Waals surface area contributed by atoms with Gasteiger partial charge in [-0.25, -0.2) is 4.79 Å². The van der Waals surface area contributed by atoms with Gasteiger partial charge in [0, 0.05) is 19.6 Å². The molecule has 0 bridgehead atoms. The van der Waals surface area contributed by atoms with E-state index in [0.717, 1.165) is 17.7 Å². The summed E-state index contributed by atoms with van der Waals surface area (Å²) in [6.45, 7) is 1.87.